The molecule has 4 aromatic carbocycles. The van der Waals surface area contributed by atoms with Gasteiger partial charge in [-0.25, -0.2) is 4.79 Å². The fraction of sp³-hybridized carbons (Fsp3) is 0.233. The van der Waals surface area contributed by atoms with Crippen LogP contribution in [0.1, 0.15) is 39.4 Å². The Bertz CT molecular complexity index is 1350. The molecule has 1 heterocycles. The summed E-state index contributed by atoms with van der Waals surface area (Å²) >= 11 is 0. The number of fused-ring (bicyclic) bond motifs is 2. The second-order valence-electron chi connectivity index (χ2n) is 8.92. The first-order chi connectivity index (χ1) is 17.1. The van der Waals surface area contributed by atoms with E-state index in [1.54, 1.807) is 19.2 Å². The largest absolute Gasteiger partial charge is 0.496 e. The van der Waals surface area contributed by atoms with Gasteiger partial charge in [0.15, 0.2) is 0 Å². The van der Waals surface area contributed by atoms with Gasteiger partial charge in [-0.3, -0.25) is 0 Å². The molecular formula is C30H30ClNO4. The molecule has 0 fully saturated rings. The van der Waals surface area contributed by atoms with Gasteiger partial charge in [0.1, 0.15) is 17.6 Å². The predicted molar refractivity (Wildman–Crippen MR) is 145 cm³/mol. The average molecular weight is 504 g/mol. The van der Waals surface area contributed by atoms with E-state index in [9.17, 15) is 9.90 Å². The van der Waals surface area contributed by atoms with Crippen LogP contribution in [0.4, 0.5) is 0 Å². The molecule has 2 N–H and O–H groups in total. The molecule has 5 nitrogen and oxygen atoms in total. The molecule has 4 aromatic rings. The van der Waals surface area contributed by atoms with Gasteiger partial charge in [0.25, 0.3) is 0 Å². The molecule has 186 valence electrons. The summed E-state index contributed by atoms with van der Waals surface area (Å²) in [4.78, 5) is 11.4. The van der Waals surface area contributed by atoms with E-state index in [4.69, 9.17) is 9.47 Å². The van der Waals surface area contributed by atoms with Crippen molar-refractivity contribution >= 4 is 29.1 Å². The minimum Gasteiger partial charge on any atom is -0.496 e. The molecule has 5 rings (SSSR count). The van der Waals surface area contributed by atoms with Crippen LogP contribution in [0.5, 0.6) is 11.5 Å². The Hall–Kier alpha value is -3.54. The molecular weight excluding hydrogens is 474 g/mol. The Morgan fingerprint density at radius 2 is 1.78 bits per heavy atom. The van der Waals surface area contributed by atoms with Gasteiger partial charge in [0.05, 0.1) is 12.7 Å². The van der Waals surface area contributed by atoms with Crippen molar-refractivity contribution in [2.75, 3.05) is 20.2 Å². The summed E-state index contributed by atoms with van der Waals surface area (Å²) in [5.74, 6) is 0.557. The van der Waals surface area contributed by atoms with Crippen LogP contribution in [-0.4, -0.2) is 37.4 Å². The Kier molecular flexibility index (Phi) is 8.14. The molecule has 0 radical (unpaired) electrons. The molecule has 1 aliphatic heterocycles. The van der Waals surface area contributed by atoms with Crippen molar-refractivity contribution in [2.24, 2.45) is 0 Å². The van der Waals surface area contributed by atoms with E-state index in [2.05, 4.69) is 53.8 Å². The van der Waals surface area contributed by atoms with E-state index >= 15 is 0 Å². The number of carboxylic acid groups (broad SMARTS) is 1. The van der Waals surface area contributed by atoms with E-state index in [1.807, 2.05) is 24.3 Å². The summed E-state index contributed by atoms with van der Waals surface area (Å²) in [5, 5.41) is 15.5. The number of ether oxygens (including phenoxy) is 2. The molecule has 0 saturated carbocycles. The van der Waals surface area contributed by atoms with E-state index in [-0.39, 0.29) is 30.0 Å². The molecule has 0 aromatic heterocycles. The van der Waals surface area contributed by atoms with Crippen LogP contribution >= 0.6 is 12.4 Å². The third-order valence-electron chi connectivity index (χ3n) is 6.77. The molecule has 36 heavy (non-hydrogen) atoms. The van der Waals surface area contributed by atoms with Crippen LogP contribution in [-0.2, 0) is 6.42 Å². The number of hydrogen-bond donors (Lipinski definition) is 2. The highest BCUT2D eigenvalue weighted by Crippen LogP contribution is 2.43. The lowest BCUT2D eigenvalue weighted by molar-refractivity contribution is 0.0696. The van der Waals surface area contributed by atoms with Crippen LogP contribution in [0.25, 0.3) is 10.8 Å². The number of rotatable bonds is 8. The predicted octanol–water partition coefficient (Wildman–Crippen LogP) is 6.08. The molecule has 6 heteroatoms. The zero-order valence-corrected chi connectivity index (χ0v) is 21.0. The SMILES string of the molecule is COc1cc(C(=O)O)ccc1[C@@H]1C[C@H](CNCCc2cccc3ccccc23)Oc2ccccc21.Cl. The normalized spacial score (nSPS) is 16.5. The number of carbonyl (C=O) groups is 1. The highest BCUT2D eigenvalue weighted by atomic mass is 35.5. The summed E-state index contributed by atoms with van der Waals surface area (Å²) in [6.45, 7) is 1.59. The second-order valence-corrected chi connectivity index (χ2v) is 8.92. The summed E-state index contributed by atoms with van der Waals surface area (Å²) < 4.78 is 11.9. The van der Waals surface area contributed by atoms with E-state index < -0.39 is 5.97 Å². The van der Waals surface area contributed by atoms with Gasteiger partial charge in [-0.1, -0.05) is 66.7 Å². The highest BCUT2D eigenvalue weighted by Gasteiger charge is 2.31. The quantitative estimate of drug-likeness (QED) is 0.285. The molecule has 0 unspecified atom stereocenters. The number of nitrogens with one attached hydrogen (secondary N) is 1. The third-order valence-corrected chi connectivity index (χ3v) is 6.77. The van der Waals surface area contributed by atoms with Crippen molar-refractivity contribution in [1.29, 1.82) is 0 Å². The molecule has 2 atom stereocenters. The van der Waals surface area contributed by atoms with E-state index in [0.717, 1.165) is 42.8 Å². The van der Waals surface area contributed by atoms with Crippen LogP contribution in [0, 0.1) is 0 Å². The summed E-state index contributed by atoms with van der Waals surface area (Å²) in [6.07, 6.45) is 1.71. The second kappa shape index (κ2) is 11.5. The number of benzene rings is 4. The van der Waals surface area contributed by atoms with Crippen molar-refractivity contribution in [3.63, 3.8) is 0 Å². The van der Waals surface area contributed by atoms with E-state index in [0.29, 0.717) is 5.75 Å². The molecule has 1 aliphatic rings. The van der Waals surface area contributed by atoms with Gasteiger partial charge in [0.2, 0.25) is 0 Å². The number of hydrogen-bond acceptors (Lipinski definition) is 4. The highest BCUT2D eigenvalue weighted by molar-refractivity contribution is 5.88. The van der Waals surface area contributed by atoms with Crippen LogP contribution < -0.4 is 14.8 Å². The molecule has 0 amide bonds. The van der Waals surface area contributed by atoms with Crippen LogP contribution in [0.3, 0.4) is 0 Å². The number of carboxylic acids is 1. The van der Waals surface area contributed by atoms with Crippen molar-refractivity contribution < 1.29 is 19.4 Å². The number of para-hydroxylation sites is 1. The number of methoxy groups -OCH3 is 1. The Balaban J connectivity index is 0.00000304. The van der Waals surface area contributed by atoms with Crippen molar-refractivity contribution in [3.05, 3.63) is 107 Å². The van der Waals surface area contributed by atoms with Gasteiger partial charge in [-0.05, 0) is 53.9 Å². The Labute approximate surface area is 217 Å². The molecule has 0 spiro atoms. The monoisotopic (exact) mass is 503 g/mol. The fourth-order valence-corrected chi connectivity index (χ4v) is 5.04. The lowest BCUT2D eigenvalue weighted by Gasteiger charge is -2.33. The van der Waals surface area contributed by atoms with E-state index in [1.165, 1.54) is 16.3 Å². The Morgan fingerprint density at radius 1 is 1.00 bits per heavy atom. The topological polar surface area (TPSA) is 67.8 Å². The smallest absolute Gasteiger partial charge is 0.335 e. The van der Waals surface area contributed by atoms with Crippen molar-refractivity contribution in [1.82, 2.24) is 5.32 Å². The van der Waals surface area contributed by atoms with Gasteiger partial charge < -0.3 is 19.9 Å². The number of aromatic carboxylic acids is 1. The first kappa shape index (κ1) is 25.5. The standard InChI is InChI=1S/C30H29NO4.ClH/c1-34-29-17-22(30(32)33)13-14-26(29)27-18-23(35-28-12-5-4-11-25(27)28)19-31-16-15-21-9-6-8-20-7-2-3-10-24(20)21;/h2-14,17,23,27,31H,15-16,18-19H2,1H3,(H,32,33);1H/t23-,27-;/m1./s1. The Morgan fingerprint density at radius 3 is 2.61 bits per heavy atom. The maximum atomic E-state index is 11.4. The average Bonchev–Trinajstić information content (AvgIpc) is 2.90. The first-order valence-electron chi connectivity index (χ1n) is 12.0. The summed E-state index contributed by atoms with van der Waals surface area (Å²) in [5.41, 5.74) is 3.64. The zero-order chi connectivity index (χ0) is 24.2. The fourth-order valence-electron chi connectivity index (χ4n) is 5.04. The minimum absolute atomic E-state index is 0. The first-order valence-corrected chi connectivity index (χ1v) is 12.0. The van der Waals surface area contributed by atoms with Crippen LogP contribution in [0.15, 0.2) is 84.9 Å². The number of halogens is 1. The summed E-state index contributed by atoms with van der Waals surface area (Å²) in [7, 11) is 1.59. The van der Waals surface area contributed by atoms with Crippen LogP contribution in [0.2, 0.25) is 0 Å². The van der Waals surface area contributed by atoms with Crippen molar-refractivity contribution in [3.8, 4) is 11.5 Å². The van der Waals surface area contributed by atoms with Gasteiger partial charge >= 0.3 is 5.97 Å². The molecule has 0 aliphatic carbocycles. The maximum Gasteiger partial charge on any atom is 0.335 e. The van der Waals surface area contributed by atoms with Gasteiger partial charge in [-0.2, -0.15) is 0 Å². The maximum absolute atomic E-state index is 11.4. The van der Waals surface area contributed by atoms with Gasteiger partial charge in [-0.15, -0.1) is 12.4 Å². The lowest BCUT2D eigenvalue weighted by Crippen LogP contribution is -2.36. The zero-order valence-electron chi connectivity index (χ0n) is 20.1. The third kappa shape index (κ3) is 5.32. The lowest BCUT2D eigenvalue weighted by atomic mass is 9.83. The van der Waals surface area contributed by atoms with Gasteiger partial charge in [0, 0.05) is 23.6 Å². The van der Waals surface area contributed by atoms with Crippen molar-refractivity contribution in [2.45, 2.75) is 24.9 Å². The molecule has 0 bridgehead atoms. The minimum atomic E-state index is -0.963. The summed E-state index contributed by atoms with van der Waals surface area (Å²) in [6, 6.07) is 28.2. The molecule has 0 saturated heterocycles.